The van der Waals surface area contributed by atoms with Gasteiger partial charge in [0.05, 0.1) is 18.8 Å². The summed E-state index contributed by atoms with van der Waals surface area (Å²) in [6.07, 6.45) is 1.85. The molecule has 3 aromatic rings. The maximum atomic E-state index is 12.9. The molecule has 0 atom stereocenters. The number of halogens is 1. The quantitative estimate of drug-likeness (QED) is 0.657. The molecule has 1 aliphatic rings. The number of ether oxygens (including phenoxy) is 2. The summed E-state index contributed by atoms with van der Waals surface area (Å²) in [5.74, 6) is 1.27. The van der Waals surface area contributed by atoms with E-state index in [1.807, 2.05) is 53.4 Å². The molecule has 6 nitrogen and oxygen atoms in total. The summed E-state index contributed by atoms with van der Waals surface area (Å²) in [7, 11) is 3.18. The van der Waals surface area contributed by atoms with Crippen LogP contribution in [-0.2, 0) is 6.67 Å². The van der Waals surface area contributed by atoms with Gasteiger partial charge in [0.1, 0.15) is 13.3 Å². The van der Waals surface area contributed by atoms with Crippen LogP contribution in [0.25, 0.3) is 6.08 Å². The maximum absolute atomic E-state index is 12.9. The zero-order valence-corrected chi connectivity index (χ0v) is 17.0. The molecule has 0 unspecified atom stereocenters. The van der Waals surface area contributed by atoms with Crippen LogP contribution < -0.4 is 29.3 Å². The Hall–Kier alpha value is -2.77. The number of anilines is 1. The first kappa shape index (κ1) is 18.6. The van der Waals surface area contributed by atoms with E-state index in [-0.39, 0.29) is 5.56 Å². The molecule has 144 valence electrons. The van der Waals surface area contributed by atoms with Crippen molar-refractivity contribution in [3.05, 3.63) is 72.7 Å². The van der Waals surface area contributed by atoms with Crippen LogP contribution >= 0.6 is 22.9 Å². The van der Waals surface area contributed by atoms with Crippen LogP contribution in [0.2, 0.25) is 5.02 Å². The molecule has 0 amide bonds. The van der Waals surface area contributed by atoms with E-state index in [1.54, 1.807) is 18.8 Å². The largest absolute Gasteiger partial charge is 0.493 e. The molecule has 0 bridgehead atoms. The number of hydrogen-bond acceptors (Lipinski definition) is 6. The minimum atomic E-state index is -0.0581. The van der Waals surface area contributed by atoms with Gasteiger partial charge in [0.2, 0.25) is 0 Å². The third kappa shape index (κ3) is 3.50. The summed E-state index contributed by atoms with van der Waals surface area (Å²) >= 11 is 7.35. The standard InChI is InChI=1S/C20H18ClN3O3S/c1-26-16-8-3-13(9-17(16)27-2)10-18-19(25)24-12-23(11-22-20(24)28-18)15-6-4-14(21)5-7-15/h3-10H,11-12H2,1-2H3. The van der Waals surface area contributed by atoms with E-state index < -0.39 is 0 Å². The molecular weight excluding hydrogens is 398 g/mol. The number of hydrogen-bond donors (Lipinski definition) is 0. The van der Waals surface area contributed by atoms with Crippen molar-refractivity contribution in [2.24, 2.45) is 4.99 Å². The van der Waals surface area contributed by atoms with Crippen LogP contribution in [-0.4, -0.2) is 25.5 Å². The number of thiazole rings is 1. The Balaban J connectivity index is 1.69. The van der Waals surface area contributed by atoms with Crippen LogP contribution in [0.3, 0.4) is 0 Å². The normalized spacial score (nSPS) is 13.8. The Morgan fingerprint density at radius 3 is 2.57 bits per heavy atom. The van der Waals surface area contributed by atoms with E-state index in [1.165, 1.54) is 11.3 Å². The molecule has 2 aromatic carbocycles. The van der Waals surface area contributed by atoms with Gasteiger partial charge in [-0.1, -0.05) is 29.0 Å². The van der Waals surface area contributed by atoms with E-state index in [9.17, 15) is 4.79 Å². The summed E-state index contributed by atoms with van der Waals surface area (Å²) < 4.78 is 12.9. The van der Waals surface area contributed by atoms with Crippen molar-refractivity contribution in [3.8, 4) is 11.5 Å². The van der Waals surface area contributed by atoms with E-state index in [4.69, 9.17) is 21.1 Å². The Labute approximate surface area is 170 Å². The van der Waals surface area contributed by atoms with Gasteiger partial charge < -0.3 is 14.4 Å². The number of rotatable bonds is 4. The molecular formula is C20H18ClN3O3S. The zero-order chi connectivity index (χ0) is 19.7. The maximum Gasteiger partial charge on any atom is 0.271 e. The molecule has 0 saturated carbocycles. The average Bonchev–Trinajstić information content (AvgIpc) is 3.03. The van der Waals surface area contributed by atoms with Gasteiger partial charge in [-0.25, -0.2) is 4.99 Å². The van der Waals surface area contributed by atoms with E-state index in [2.05, 4.69) is 4.99 Å². The van der Waals surface area contributed by atoms with Gasteiger partial charge in [0.15, 0.2) is 16.3 Å². The molecule has 0 saturated heterocycles. The van der Waals surface area contributed by atoms with E-state index in [0.29, 0.717) is 34.4 Å². The summed E-state index contributed by atoms with van der Waals surface area (Å²) in [6.45, 7) is 0.951. The number of benzene rings is 2. The average molecular weight is 416 g/mol. The molecule has 0 fully saturated rings. The predicted molar refractivity (Wildman–Crippen MR) is 111 cm³/mol. The van der Waals surface area contributed by atoms with Gasteiger partial charge >= 0.3 is 0 Å². The molecule has 2 heterocycles. The summed E-state index contributed by atoms with van der Waals surface area (Å²) in [5.41, 5.74) is 1.78. The van der Waals surface area contributed by atoms with Crippen LogP contribution in [0.4, 0.5) is 5.69 Å². The fourth-order valence-electron chi connectivity index (χ4n) is 3.02. The number of fused-ring (bicyclic) bond motifs is 1. The minimum absolute atomic E-state index is 0.0581. The second-order valence-electron chi connectivity index (χ2n) is 6.20. The summed E-state index contributed by atoms with van der Waals surface area (Å²) in [4.78, 5) is 20.2. The van der Waals surface area contributed by atoms with Crippen molar-refractivity contribution < 1.29 is 9.47 Å². The lowest BCUT2D eigenvalue weighted by Crippen LogP contribution is -2.42. The molecule has 0 aliphatic carbocycles. The van der Waals surface area contributed by atoms with Gasteiger partial charge in [0.25, 0.3) is 5.56 Å². The lowest BCUT2D eigenvalue weighted by molar-refractivity contribution is 0.355. The first-order valence-electron chi connectivity index (χ1n) is 8.57. The molecule has 0 spiro atoms. The number of nitrogens with zero attached hydrogens (tertiary/aromatic N) is 3. The first-order valence-corrected chi connectivity index (χ1v) is 9.77. The number of methoxy groups -OCH3 is 2. The van der Waals surface area contributed by atoms with Gasteiger partial charge in [-0.15, -0.1) is 0 Å². The summed E-state index contributed by atoms with van der Waals surface area (Å²) in [6, 6.07) is 13.1. The molecule has 28 heavy (non-hydrogen) atoms. The van der Waals surface area contributed by atoms with Crippen LogP contribution in [0.1, 0.15) is 5.56 Å². The lowest BCUT2D eigenvalue weighted by Gasteiger charge is -2.25. The molecule has 1 aromatic heterocycles. The fourth-order valence-corrected chi connectivity index (χ4v) is 4.11. The van der Waals surface area contributed by atoms with Crippen molar-refractivity contribution in [2.75, 3.05) is 25.8 Å². The molecule has 4 rings (SSSR count). The SMILES string of the molecule is COc1ccc(C=c2sc3n(c2=O)CN(c2ccc(Cl)cc2)CN=3)cc1OC. The highest BCUT2D eigenvalue weighted by Crippen LogP contribution is 2.27. The second-order valence-corrected chi connectivity index (χ2v) is 7.64. The third-order valence-electron chi connectivity index (χ3n) is 4.47. The Kier molecular flexibility index (Phi) is 5.11. The van der Waals surface area contributed by atoms with Crippen LogP contribution in [0, 0.1) is 0 Å². The van der Waals surface area contributed by atoms with Gasteiger partial charge in [0, 0.05) is 10.7 Å². The van der Waals surface area contributed by atoms with Crippen molar-refractivity contribution in [1.29, 1.82) is 0 Å². The smallest absolute Gasteiger partial charge is 0.271 e. The first-order chi connectivity index (χ1) is 13.6. The minimum Gasteiger partial charge on any atom is -0.493 e. The van der Waals surface area contributed by atoms with Crippen molar-refractivity contribution >= 4 is 34.7 Å². The zero-order valence-electron chi connectivity index (χ0n) is 15.4. The molecule has 1 aliphatic heterocycles. The van der Waals surface area contributed by atoms with Crippen molar-refractivity contribution in [2.45, 2.75) is 6.67 Å². The topological polar surface area (TPSA) is 56.1 Å². The highest BCUT2D eigenvalue weighted by molar-refractivity contribution is 7.07. The van der Waals surface area contributed by atoms with Crippen LogP contribution in [0.15, 0.2) is 52.3 Å². The van der Waals surface area contributed by atoms with Gasteiger partial charge in [-0.2, -0.15) is 0 Å². The van der Waals surface area contributed by atoms with Crippen molar-refractivity contribution in [3.63, 3.8) is 0 Å². The monoisotopic (exact) mass is 415 g/mol. The highest BCUT2D eigenvalue weighted by atomic mass is 35.5. The Morgan fingerprint density at radius 2 is 1.86 bits per heavy atom. The molecule has 0 radical (unpaired) electrons. The second kappa shape index (κ2) is 7.69. The van der Waals surface area contributed by atoms with E-state index >= 15 is 0 Å². The van der Waals surface area contributed by atoms with E-state index in [0.717, 1.165) is 16.1 Å². The molecule has 8 heteroatoms. The predicted octanol–water partition coefficient (Wildman–Crippen LogP) is 2.46. The lowest BCUT2D eigenvalue weighted by atomic mass is 10.2. The fraction of sp³-hybridized carbons (Fsp3) is 0.200. The highest BCUT2D eigenvalue weighted by Gasteiger charge is 2.16. The van der Waals surface area contributed by atoms with Crippen molar-refractivity contribution in [1.82, 2.24) is 4.57 Å². The molecule has 0 N–H and O–H groups in total. The van der Waals surface area contributed by atoms with Gasteiger partial charge in [-0.3, -0.25) is 9.36 Å². The van der Waals surface area contributed by atoms with Crippen LogP contribution in [0.5, 0.6) is 11.5 Å². The Bertz CT molecular complexity index is 1180. The number of aromatic nitrogens is 1. The third-order valence-corrected chi connectivity index (χ3v) is 5.77. The Morgan fingerprint density at radius 1 is 1.11 bits per heavy atom. The van der Waals surface area contributed by atoms with Gasteiger partial charge in [-0.05, 0) is 48.0 Å². The summed E-state index contributed by atoms with van der Waals surface area (Å²) in [5, 5.41) is 0.679.